The molecule has 0 atom stereocenters. The van der Waals surface area contributed by atoms with E-state index < -0.39 is 10.0 Å². The summed E-state index contributed by atoms with van der Waals surface area (Å²) < 4.78 is 27.0. The molecule has 0 N–H and O–H groups in total. The third-order valence-corrected chi connectivity index (χ3v) is 7.37. The summed E-state index contributed by atoms with van der Waals surface area (Å²) in [5.74, 6) is 0. The predicted molar refractivity (Wildman–Crippen MR) is 104 cm³/mol. The summed E-state index contributed by atoms with van der Waals surface area (Å²) in [4.78, 5) is 2.14. The van der Waals surface area contributed by atoms with Gasteiger partial charge in [0.15, 0.2) is 0 Å². The molecule has 4 nitrogen and oxygen atoms in total. The number of sulfonamides is 1. The molecule has 0 spiro atoms. The van der Waals surface area contributed by atoms with E-state index in [1.165, 1.54) is 22.5 Å². The first-order chi connectivity index (χ1) is 11.8. The summed E-state index contributed by atoms with van der Waals surface area (Å²) in [6.07, 6.45) is 0. The van der Waals surface area contributed by atoms with Gasteiger partial charge in [0.2, 0.25) is 10.0 Å². The largest absolute Gasteiger partial charge is 0.369 e. The first kappa shape index (κ1) is 19.1. The lowest BCUT2D eigenvalue weighted by Gasteiger charge is -2.35. The van der Waals surface area contributed by atoms with E-state index in [-0.39, 0.29) is 9.92 Å². The number of nitrogens with zero attached hydrogens (tertiary/aromatic N) is 2. The molecule has 0 aromatic heterocycles. The van der Waals surface area contributed by atoms with Gasteiger partial charge in [0.1, 0.15) is 4.90 Å². The molecule has 1 aliphatic heterocycles. The molecular weight excluding hydrogens is 426 g/mol. The summed E-state index contributed by atoms with van der Waals surface area (Å²) in [7, 11) is -3.66. The maximum atomic E-state index is 12.8. The summed E-state index contributed by atoms with van der Waals surface area (Å²) in [5.41, 5.74) is 0.913. The molecule has 1 aliphatic rings. The highest BCUT2D eigenvalue weighted by molar-refractivity contribution is 7.89. The molecule has 0 radical (unpaired) electrons. The lowest BCUT2D eigenvalue weighted by atomic mass is 10.2. The van der Waals surface area contributed by atoms with Crippen LogP contribution in [0.15, 0.2) is 41.3 Å². The maximum Gasteiger partial charge on any atom is 0.244 e. The SMILES string of the molecule is O=S(=O)(c1ccc(Cl)cc1Cl)N1CCN(c2ccc(Cl)c(Cl)c2)CC1. The smallest absolute Gasteiger partial charge is 0.244 e. The molecule has 0 unspecified atom stereocenters. The van der Waals surface area contributed by atoms with E-state index in [4.69, 9.17) is 46.4 Å². The van der Waals surface area contributed by atoms with Crippen molar-refractivity contribution in [3.05, 3.63) is 56.5 Å². The number of piperazine rings is 1. The Balaban J connectivity index is 1.76. The van der Waals surface area contributed by atoms with E-state index in [1.807, 2.05) is 6.07 Å². The molecule has 1 saturated heterocycles. The highest BCUT2D eigenvalue weighted by Gasteiger charge is 2.30. The minimum atomic E-state index is -3.66. The monoisotopic (exact) mass is 438 g/mol. The topological polar surface area (TPSA) is 40.6 Å². The first-order valence-corrected chi connectivity index (χ1v) is 10.4. The van der Waals surface area contributed by atoms with Crippen molar-refractivity contribution in [1.29, 1.82) is 0 Å². The standard InChI is InChI=1S/C16H14Cl4N2O2S/c17-11-1-4-16(15(20)9-11)25(23,24)22-7-5-21(6-8-22)12-2-3-13(18)14(19)10-12/h1-4,9-10H,5-8H2. The molecule has 2 aromatic carbocycles. The van der Waals surface area contributed by atoms with Gasteiger partial charge in [-0.3, -0.25) is 0 Å². The van der Waals surface area contributed by atoms with Gasteiger partial charge >= 0.3 is 0 Å². The second kappa shape index (κ2) is 7.51. The zero-order chi connectivity index (χ0) is 18.2. The summed E-state index contributed by atoms with van der Waals surface area (Å²) in [5, 5.41) is 1.49. The molecule has 1 fully saturated rings. The average Bonchev–Trinajstić information content (AvgIpc) is 2.57. The minimum absolute atomic E-state index is 0.0709. The van der Waals surface area contributed by atoms with Gasteiger partial charge in [-0.25, -0.2) is 8.42 Å². The number of rotatable bonds is 3. The molecule has 1 heterocycles. The van der Waals surface area contributed by atoms with E-state index >= 15 is 0 Å². The number of halogens is 4. The Hall–Kier alpha value is -0.690. The zero-order valence-electron chi connectivity index (χ0n) is 12.9. The fraction of sp³-hybridized carbons (Fsp3) is 0.250. The Bertz CT molecular complexity index is 897. The lowest BCUT2D eigenvalue weighted by molar-refractivity contribution is 0.385. The van der Waals surface area contributed by atoms with Crippen molar-refractivity contribution in [1.82, 2.24) is 4.31 Å². The second-order valence-corrected chi connectivity index (χ2v) is 9.13. The van der Waals surface area contributed by atoms with Crippen LogP contribution in [-0.2, 0) is 10.0 Å². The third kappa shape index (κ3) is 4.02. The van der Waals surface area contributed by atoms with Crippen molar-refractivity contribution in [3.63, 3.8) is 0 Å². The molecule has 3 rings (SSSR count). The van der Waals surface area contributed by atoms with E-state index in [2.05, 4.69) is 4.90 Å². The van der Waals surface area contributed by atoms with Crippen LogP contribution in [0.2, 0.25) is 20.1 Å². The van der Waals surface area contributed by atoms with Gasteiger partial charge in [-0.2, -0.15) is 4.31 Å². The van der Waals surface area contributed by atoms with Gasteiger partial charge < -0.3 is 4.90 Å². The summed E-state index contributed by atoms with van der Waals surface area (Å²) in [6.45, 7) is 1.79. The number of hydrogen-bond donors (Lipinski definition) is 0. The number of anilines is 1. The molecule has 0 bridgehead atoms. The molecule has 134 valence electrons. The Kier molecular flexibility index (Phi) is 5.73. The fourth-order valence-corrected chi connectivity index (χ4v) is 5.15. The first-order valence-electron chi connectivity index (χ1n) is 7.44. The summed E-state index contributed by atoms with van der Waals surface area (Å²) >= 11 is 23.9. The van der Waals surface area contributed by atoms with Crippen LogP contribution in [0.3, 0.4) is 0 Å². The van der Waals surface area contributed by atoms with Gasteiger partial charge in [-0.05, 0) is 36.4 Å². The highest BCUT2D eigenvalue weighted by atomic mass is 35.5. The molecule has 0 saturated carbocycles. The average molecular weight is 440 g/mol. The van der Waals surface area contributed by atoms with Gasteiger partial charge in [0, 0.05) is 36.9 Å². The van der Waals surface area contributed by atoms with Crippen LogP contribution in [0.5, 0.6) is 0 Å². The van der Waals surface area contributed by atoms with E-state index in [0.717, 1.165) is 5.69 Å². The van der Waals surface area contributed by atoms with Crippen LogP contribution >= 0.6 is 46.4 Å². The van der Waals surface area contributed by atoms with Gasteiger partial charge in [0.05, 0.1) is 15.1 Å². The van der Waals surface area contributed by atoms with Crippen LogP contribution < -0.4 is 4.90 Å². The van der Waals surface area contributed by atoms with E-state index in [1.54, 1.807) is 12.1 Å². The van der Waals surface area contributed by atoms with E-state index in [0.29, 0.717) is 41.2 Å². The molecule has 0 aliphatic carbocycles. The van der Waals surface area contributed by atoms with Gasteiger partial charge in [-0.1, -0.05) is 46.4 Å². The van der Waals surface area contributed by atoms with Crippen molar-refractivity contribution in [2.24, 2.45) is 0 Å². The third-order valence-electron chi connectivity index (χ3n) is 4.02. The van der Waals surface area contributed by atoms with Crippen LogP contribution in [-0.4, -0.2) is 38.9 Å². The highest BCUT2D eigenvalue weighted by Crippen LogP contribution is 2.30. The maximum absolute atomic E-state index is 12.8. The van der Waals surface area contributed by atoms with Crippen LogP contribution in [0, 0.1) is 0 Å². The van der Waals surface area contributed by atoms with Crippen molar-refractivity contribution in [2.75, 3.05) is 31.1 Å². The fourth-order valence-electron chi connectivity index (χ4n) is 2.69. The van der Waals surface area contributed by atoms with Crippen molar-refractivity contribution < 1.29 is 8.42 Å². The number of benzene rings is 2. The second-order valence-electron chi connectivity index (χ2n) is 5.56. The Morgan fingerprint density at radius 2 is 1.44 bits per heavy atom. The van der Waals surface area contributed by atoms with Gasteiger partial charge in [0.25, 0.3) is 0 Å². The number of hydrogen-bond acceptors (Lipinski definition) is 3. The molecule has 9 heteroatoms. The Morgan fingerprint density at radius 1 is 0.760 bits per heavy atom. The van der Waals surface area contributed by atoms with Crippen LogP contribution in [0.1, 0.15) is 0 Å². The molecular formula is C16H14Cl4N2O2S. The Morgan fingerprint density at radius 3 is 2.04 bits per heavy atom. The zero-order valence-corrected chi connectivity index (χ0v) is 16.8. The van der Waals surface area contributed by atoms with E-state index in [9.17, 15) is 8.42 Å². The lowest BCUT2D eigenvalue weighted by Crippen LogP contribution is -2.48. The molecule has 2 aromatic rings. The minimum Gasteiger partial charge on any atom is -0.369 e. The Labute approximate surface area is 166 Å². The summed E-state index contributed by atoms with van der Waals surface area (Å²) in [6, 6.07) is 9.77. The van der Waals surface area contributed by atoms with Crippen LogP contribution in [0.4, 0.5) is 5.69 Å². The van der Waals surface area contributed by atoms with Crippen molar-refractivity contribution in [3.8, 4) is 0 Å². The van der Waals surface area contributed by atoms with Crippen LogP contribution in [0.25, 0.3) is 0 Å². The van der Waals surface area contributed by atoms with Gasteiger partial charge in [-0.15, -0.1) is 0 Å². The van der Waals surface area contributed by atoms with Crippen molar-refractivity contribution in [2.45, 2.75) is 4.90 Å². The normalized spacial score (nSPS) is 16.2. The quantitative estimate of drug-likeness (QED) is 0.688. The predicted octanol–water partition coefficient (Wildman–Crippen LogP) is 4.81. The molecule has 0 amide bonds. The van der Waals surface area contributed by atoms with Crippen molar-refractivity contribution >= 4 is 62.1 Å². The molecule has 25 heavy (non-hydrogen) atoms.